The van der Waals surface area contributed by atoms with E-state index in [4.69, 9.17) is 5.73 Å². The maximum absolute atomic E-state index is 12.0. The number of hydrogen-bond acceptors (Lipinski definition) is 5. The van der Waals surface area contributed by atoms with E-state index in [1.54, 1.807) is 6.92 Å². The van der Waals surface area contributed by atoms with Gasteiger partial charge < -0.3 is 5.73 Å². The Morgan fingerprint density at radius 3 is 2.22 bits per heavy atom. The van der Waals surface area contributed by atoms with E-state index in [0.29, 0.717) is 6.42 Å². The second kappa shape index (κ2) is 5.85. The van der Waals surface area contributed by atoms with Crippen molar-refractivity contribution < 1.29 is 16.8 Å². The minimum Gasteiger partial charge on any atom is -0.328 e. The Bertz CT molecular complexity index is 456. The lowest BCUT2D eigenvalue weighted by Gasteiger charge is -2.24. The normalized spacial score (nSPS) is 24.6. The van der Waals surface area contributed by atoms with E-state index in [9.17, 15) is 16.8 Å². The van der Waals surface area contributed by atoms with Crippen molar-refractivity contribution in [3.63, 3.8) is 0 Å². The molecule has 1 aliphatic rings. The number of nitrogens with one attached hydrogen (secondary N) is 1. The van der Waals surface area contributed by atoms with E-state index in [1.807, 2.05) is 6.92 Å². The lowest BCUT2D eigenvalue weighted by atomic mass is 10.1. The number of sulfone groups is 1. The fourth-order valence-corrected chi connectivity index (χ4v) is 5.66. The van der Waals surface area contributed by atoms with E-state index in [0.717, 1.165) is 0 Å². The average Bonchev–Trinajstić information content (AvgIpc) is 2.13. The summed E-state index contributed by atoms with van der Waals surface area (Å²) in [6, 6.07) is -0.303. The van der Waals surface area contributed by atoms with Crippen LogP contribution in [0.3, 0.4) is 0 Å². The molecule has 8 heteroatoms. The first kappa shape index (κ1) is 15.9. The van der Waals surface area contributed by atoms with E-state index < -0.39 is 25.1 Å². The van der Waals surface area contributed by atoms with Crippen LogP contribution in [-0.4, -0.2) is 45.7 Å². The Balaban J connectivity index is 2.60. The third-order valence-corrected chi connectivity index (χ3v) is 6.83. The molecule has 1 saturated heterocycles. The van der Waals surface area contributed by atoms with Crippen molar-refractivity contribution in [3.05, 3.63) is 0 Å². The summed E-state index contributed by atoms with van der Waals surface area (Å²) in [5, 5.41) is -0.600. The molecule has 18 heavy (non-hydrogen) atoms. The standard InChI is InChI=1S/C10H22N2O4S2/c1-8(11)7-9(2)12-18(15,16)10-3-5-17(13,14)6-4-10/h8-10,12H,3-7,11H2,1-2H3. The smallest absolute Gasteiger partial charge is 0.214 e. The minimum absolute atomic E-state index is 0.0414. The first-order valence-electron chi connectivity index (χ1n) is 6.09. The van der Waals surface area contributed by atoms with Gasteiger partial charge >= 0.3 is 0 Å². The summed E-state index contributed by atoms with van der Waals surface area (Å²) in [6.07, 6.45) is 0.926. The molecular weight excluding hydrogens is 276 g/mol. The van der Waals surface area contributed by atoms with Crippen LogP contribution in [0, 0.1) is 0 Å². The van der Waals surface area contributed by atoms with Crippen LogP contribution < -0.4 is 10.5 Å². The van der Waals surface area contributed by atoms with E-state index >= 15 is 0 Å². The maximum atomic E-state index is 12.0. The Morgan fingerprint density at radius 1 is 1.28 bits per heavy atom. The van der Waals surface area contributed by atoms with Crippen molar-refractivity contribution in [2.24, 2.45) is 5.73 Å². The Labute approximate surface area is 109 Å². The molecule has 1 rings (SSSR count). The predicted molar refractivity (Wildman–Crippen MR) is 71.5 cm³/mol. The van der Waals surface area contributed by atoms with Gasteiger partial charge in [0.25, 0.3) is 0 Å². The van der Waals surface area contributed by atoms with Crippen LogP contribution in [-0.2, 0) is 19.9 Å². The molecule has 2 atom stereocenters. The molecule has 1 fully saturated rings. The zero-order valence-corrected chi connectivity index (χ0v) is 12.4. The molecule has 3 N–H and O–H groups in total. The molecule has 0 spiro atoms. The molecule has 0 aromatic heterocycles. The second-order valence-electron chi connectivity index (χ2n) is 5.13. The fraction of sp³-hybridized carbons (Fsp3) is 1.00. The lowest BCUT2D eigenvalue weighted by molar-refractivity contribution is 0.503. The summed E-state index contributed by atoms with van der Waals surface area (Å²) in [7, 11) is -6.48. The van der Waals surface area contributed by atoms with Crippen molar-refractivity contribution in [2.45, 2.75) is 50.4 Å². The van der Waals surface area contributed by atoms with Gasteiger partial charge in [0.15, 0.2) is 0 Å². The molecule has 0 radical (unpaired) electrons. The Hall–Kier alpha value is -0.180. The average molecular weight is 298 g/mol. The zero-order valence-electron chi connectivity index (χ0n) is 10.8. The summed E-state index contributed by atoms with van der Waals surface area (Å²) in [6.45, 7) is 3.58. The molecule has 0 saturated carbocycles. The largest absolute Gasteiger partial charge is 0.328 e. The summed E-state index contributed by atoms with van der Waals surface area (Å²) in [5.74, 6) is -0.0828. The van der Waals surface area contributed by atoms with Crippen LogP contribution in [0.1, 0.15) is 33.1 Å². The van der Waals surface area contributed by atoms with Crippen molar-refractivity contribution in [3.8, 4) is 0 Å². The Morgan fingerprint density at radius 2 is 1.78 bits per heavy atom. The van der Waals surface area contributed by atoms with Crippen LogP contribution in [0.25, 0.3) is 0 Å². The monoisotopic (exact) mass is 298 g/mol. The summed E-state index contributed by atoms with van der Waals surface area (Å²) in [4.78, 5) is 0. The van der Waals surface area contributed by atoms with E-state index in [2.05, 4.69) is 4.72 Å². The fourth-order valence-electron chi connectivity index (χ4n) is 2.16. The molecule has 2 unspecified atom stereocenters. The molecule has 6 nitrogen and oxygen atoms in total. The number of rotatable bonds is 5. The highest BCUT2D eigenvalue weighted by molar-refractivity contribution is 7.92. The third kappa shape index (κ3) is 4.83. The van der Waals surface area contributed by atoms with Crippen LogP contribution >= 0.6 is 0 Å². The molecule has 0 amide bonds. The van der Waals surface area contributed by atoms with Crippen LogP contribution in [0.15, 0.2) is 0 Å². The van der Waals surface area contributed by atoms with Crippen LogP contribution in [0.4, 0.5) is 0 Å². The second-order valence-corrected chi connectivity index (χ2v) is 9.42. The molecule has 0 aromatic rings. The number of sulfonamides is 1. The predicted octanol–water partition coefficient (Wildman–Crippen LogP) is -0.391. The molecule has 0 bridgehead atoms. The summed E-state index contributed by atoms with van der Waals surface area (Å²) >= 11 is 0. The van der Waals surface area contributed by atoms with Crippen LogP contribution in [0.2, 0.25) is 0 Å². The molecule has 0 aliphatic carbocycles. The van der Waals surface area contributed by atoms with E-state index in [-0.39, 0.29) is 36.4 Å². The SMILES string of the molecule is CC(N)CC(C)NS(=O)(=O)C1CCS(=O)(=O)CC1. The molecule has 1 aliphatic heterocycles. The van der Waals surface area contributed by atoms with Crippen molar-refractivity contribution in [1.82, 2.24) is 4.72 Å². The van der Waals surface area contributed by atoms with Crippen molar-refractivity contribution in [2.75, 3.05) is 11.5 Å². The van der Waals surface area contributed by atoms with Gasteiger partial charge in [0.1, 0.15) is 9.84 Å². The highest BCUT2D eigenvalue weighted by atomic mass is 32.2. The van der Waals surface area contributed by atoms with Gasteiger partial charge in [-0.2, -0.15) is 0 Å². The molecule has 1 heterocycles. The Kier molecular flexibility index (Phi) is 5.16. The van der Waals surface area contributed by atoms with Crippen molar-refractivity contribution in [1.29, 1.82) is 0 Å². The van der Waals surface area contributed by atoms with Gasteiger partial charge in [-0.05, 0) is 33.1 Å². The van der Waals surface area contributed by atoms with Crippen LogP contribution in [0.5, 0.6) is 0 Å². The maximum Gasteiger partial charge on any atom is 0.214 e. The zero-order chi connectivity index (χ0) is 14.0. The molecular formula is C10H22N2O4S2. The van der Waals surface area contributed by atoms with Gasteiger partial charge in [0, 0.05) is 12.1 Å². The third-order valence-electron chi connectivity index (χ3n) is 3.03. The summed E-state index contributed by atoms with van der Waals surface area (Å²) < 4.78 is 49.2. The lowest BCUT2D eigenvalue weighted by Crippen LogP contribution is -2.44. The van der Waals surface area contributed by atoms with Gasteiger partial charge in [-0.15, -0.1) is 0 Å². The van der Waals surface area contributed by atoms with E-state index in [1.165, 1.54) is 0 Å². The number of nitrogens with two attached hydrogens (primary N) is 1. The highest BCUT2D eigenvalue weighted by Gasteiger charge is 2.33. The quantitative estimate of drug-likeness (QED) is 0.719. The van der Waals surface area contributed by atoms with Gasteiger partial charge in [0.2, 0.25) is 10.0 Å². The molecule has 0 aromatic carbocycles. The molecule has 108 valence electrons. The topological polar surface area (TPSA) is 106 Å². The van der Waals surface area contributed by atoms with Gasteiger partial charge in [-0.25, -0.2) is 21.6 Å². The van der Waals surface area contributed by atoms with Crippen molar-refractivity contribution >= 4 is 19.9 Å². The van der Waals surface area contributed by atoms with Gasteiger partial charge in [-0.1, -0.05) is 0 Å². The first-order valence-corrected chi connectivity index (χ1v) is 9.46. The summed E-state index contributed by atoms with van der Waals surface area (Å²) in [5.41, 5.74) is 5.61. The first-order chi connectivity index (χ1) is 8.12. The van der Waals surface area contributed by atoms with Gasteiger partial charge in [-0.3, -0.25) is 0 Å². The van der Waals surface area contributed by atoms with Gasteiger partial charge in [0.05, 0.1) is 16.8 Å². The number of hydrogen-bond donors (Lipinski definition) is 2. The highest BCUT2D eigenvalue weighted by Crippen LogP contribution is 2.19. The minimum atomic E-state index is -3.45.